The lowest BCUT2D eigenvalue weighted by molar-refractivity contribution is -0.127. The van der Waals surface area contributed by atoms with Crippen LogP contribution in [0.2, 0.25) is 0 Å². The van der Waals surface area contributed by atoms with E-state index in [1.807, 2.05) is 43.0 Å². The molecule has 3 unspecified atom stereocenters. The van der Waals surface area contributed by atoms with Crippen LogP contribution in [0.3, 0.4) is 0 Å². The molecule has 1 saturated heterocycles. The topological polar surface area (TPSA) is 50.8 Å². The average molecular weight is 386 g/mol. The summed E-state index contributed by atoms with van der Waals surface area (Å²) in [4.78, 5) is 14.2. The first kappa shape index (κ1) is 20.1. The number of nitrogens with one attached hydrogen (secondary N) is 1. The van der Waals surface area contributed by atoms with Crippen LogP contribution in [0, 0.1) is 5.82 Å². The number of anilines is 1. The van der Waals surface area contributed by atoms with Gasteiger partial charge in [0.1, 0.15) is 11.6 Å². The molecule has 3 rings (SSSR count). The number of morpholine rings is 1. The number of halogens is 1. The normalized spacial score (nSPS) is 20.5. The Labute approximate surface area is 165 Å². The largest absolute Gasteiger partial charge is 0.481 e. The quantitative estimate of drug-likeness (QED) is 0.825. The third kappa shape index (κ3) is 5.23. The summed E-state index contributed by atoms with van der Waals surface area (Å²) in [5.74, 6) is 0.0975. The van der Waals surface area contributed by atoms with Gasteiger partial charge in [0.05, 0.1) is 17.9 Å². The predicted octanol–water partition coefficient (Wildman–Crippen LogP) is 3.52. The van der Waals surface area contributed by atoms with Crippen molar-refractivity contribution in [2.24, 2.45) is 0 Å². The maximum absolute atomic E-state index is 14.6. The minimum atomic E-state index is -0.636. The molecule has 1 N–H and O–H groups in total. The number of para-hydroxylation sites is 1. The second-order valence-corrected chi connectivity index (χ2v) is 7.24. The number of carbonyl (C=O) groups is 1. The highest BCUT2D eigenvalue weighted by molar-refractivity contribution is 5.80. The molecule has 0 spiro atoms. The molecule has 2 aromatic rings. The maximum atomic E-state index is 14.6. The van der Waals surface area contributed by atoms with E-state index in [1.165, 1.54) is 6.07 Å². The van der Waals surface area contributed by atoms with E-state index in [0.717, 1.165) is 0 Å². The Balaban J connectivity index is 1.56. The third-order valence-electron chi connectivity index (χ3n) is 4.66. The fourth-order valence-corrected chi connectivity index (χ4v) is 3.38. The molecule has 28 heavy (non-hydrogen) atoms. The van der Waals surface area contributed by atoms with Crippen LogP contribution in [0.5, 0.6) is 5.75 Å². The van der Waals surface area contributed by atoms with Crippen molar-refractivity contribution in [2.75, 3.05) is 18.0 Å². The van der Waals surface area contributed by atoms with Crippen LogP contribution in [0.15, 0.2) is 48.5 Å². The van der Waals surface area contributed by atoms with E-state index in [4.69, 9.17) is 9.47 Å². The summed E-state index contributed by atoms with van der Waals surface area (Å²) in [5, 5.41) is 2.80. The molecule has 5 nitrogen and oxygen atoms in total. The Morgan fingerprint density at radius 3 is 2.54 bits per heavy atom. The Bertz CT molecular complexity index is 790. The molecular formula is C22H27FN2O3. The smallest absolute Gasteiger partial charge is 0.261 e. The highest BCUT2D eigenvalue weighted by Gasteiger charge is 2.24. The number of carbonyl (C=O) groups excluding carboxylic acids is 1. The molecule has 6 heteroatoms. The zero-order valence-corrected chi connectivity index (χ0v) is 16.5. The summed E-state index contributed by atoms with van der Waals surface area (Å²) in [5.41, 5.74) is 1.27. The van der Waals surface area contributed by atoms with Crippen LogP contribution in [0.1, 0.15) is 26.3 Å². The van der Waals surface area contributed by atoms with Gasteiger partial charge in [-0.2, -0.15) is 0 Å². The molecule has 150 valence electrons. The van der Waals surface area contributed by atoms with Crippen molar-refractivity contribution in [1.29, 1.82) is 0 Å². The first-order valence-corrected chi connectivity index (χ1v) is 9.60. The summed E-state index contributed by atoms with van der Waals surface area (Å²) < 4.78 is 25.9. The minimum absolute atomic E-state index is 0.0632. The SMILES string of the molecule is CC1CN(c2ccc(CNC(=O)C(C)Oc3ccccc3)cc2F)CC(C)O1. The van der Waals surface area contributed by atoms with Crippen molar-refractivity contribution in [3.63, 3.8) is 0 Å². The Morgan fingerprint density at radius 1 is 1.21 bits per heavy atom. The summed E-state index contributed by atoms with van der Waals surface area (Å²) >= 11 is 0. The van der Waals surface area contributed by atoms with Crippen molar-refractivity contribution in [3.8, 4) is 5.75 Å². The number of nitrogens with zero attached hydrogens (tertiary/aromatic N) is 1. The number of rotatable bonds is 6. The first-order chi connectivity index (χ1) is 13.4. The summed E-state index contributed by atoms with van der Waals surface area (Å²) in [7, 11) is 0. The second-order valence-electron chi connectivity index (χ2n) is 7.24. The lowest BCUT2D eigenvalue weighted by Gasteiger charge is -2.37. The molecular weight excluding hydrogens is 359 g/mol. The van der Waals surface area contributed by atoms with Gasteiger partial charge in [-0.25, -0.2) is 4.39 Å². The fraction of sp³-hybridized carbons (Fsp3) is 0.409. The molecule has 1 amide bonds. The number of hydrogen-bond acceptors (Lipinski definition) is 4. The van der Waals surface area contributed by atoms with E-state index < -0.39 is 6.10 Å². The molecule has 3 atom stereocenters. The van der Waals surface area contributed by atoms with Crippen LogP contribution in [0.25, 0.3) is 0 Å². The van der Waals surface area contributed by atoms with E-state index in [-0.39, 0.29) is 30.5 Å². The molecule has 0 saturated carbocycles. The Hall–Kier alpha value is -2.60. The molecule has 1 aliphatic heterocycles. The first-order valence-electron chi connectivity index (χ1n) is 9.60. The summed E-state index contributed by atoms with van der Waals surface area (Å²) in [6.07, 6.45) is -0.510. The van der Waals surface area contributed by atoms with Gasteiger partial charge in [-0.1, -0.05) is 24.3 Å². The van der Waals surface area contributed by atoms with Gasteiger partial charge in [-0.15, -0.1) is 0 Å². The van der Waals surface area contributed by atoms with E-state index >= 15 is 0 Å². The molecule has 1 heterocycles. The molecule has 0 bridgehead atoms. The van der Waals surface area contributed by atoms with Gasteiger partial charge in [0, 0.05) is 19.6 Å². The zero-order valence-electron chi connectivity index (χ0n) is 16.5. The zero-order chi connectivity index (χ0) is 20.1. The van der Waals surface area contributed by atoms with E-state index in [9.17, 15) is 9.18 Å². The van der Waals surface area contributed by atoms with Crippen LogP contribution in [-0.4, -0.2) is 37.3 Å². The minimum Gasteiger partial charge on any atom is -0.481 e. The summed E-state index contributed by atoms with van der Waals surface area (Å²) in [6.45, 7) is 7.23. The van der Waals surface area contributed by atoms with Gasteiger partial charge in [0.25, 0.3) is 5.91 Å². The number of benzene rings is 2. The van der Waals surface area contributed by atoms with Crippen molar-refractivity contribution in [3.05, 3.63) is 59.9 Å². The molecule has 1 aliphatic rings. The lowest BCUT2D eigenvalue weighted by Crippen LogP contribution is -2.45. The van der Waals surface area contributed by atoms with Gasteiger partial charge < -0.3 is 19.7 Å². The van der Waals surface area contributed by atoms with Gasteiger partial charge in [0.2, 0.25) is 0 Å². The van der Waals surface area contributed by atoms with Crippen molar-refractivity contribution >= 4 is 11.6 Å². The average Bonchev–Trinajstić information content (AvgIpc) is 2.66. The lowest BCUT2D eigenvalue weighted by atomic mass is 10.1. The number of amides is 1. The van der Waals surface area contributed by atoms with E-state index in [2.05, 4.69) is 5.32 Å². The van der Waals surface area contributed by atoms with Crippen molar-refractivity contribution in [1.82, 2.24) is 5.32 Å². The van der Waals surface area contributed by atoms with Gasteiger partial charge in [0.15, 0.2) is 6.10 Å². The highest BCUT2D eigenvalue weighted by atomic mass is 19.1. The van der Waals surface area contributed by atoms with Gasteiger partial charge in [-0.05, 0) is 50.6 Å². The molecule has 2 aromatic carbocycles. The molecule has 0 aliphatic carbocycles. The molecule has 0 aromatic heterocycles. The van der Waals surface area contributed by atoms with Crippen LogP contribution < -0.4 is 15.0 Å². The molecule has 0 radical (unpaired) electrons. The standard InChI is InChI=1S/C22H27FN2O3/c1-15-13-25(14-16(2)27-15)21-10-9-18(11-20(21)23)12-24-22(26)17(3)28-19-7-5-4-6-8-19/h4-11,15-17H,12-14H2,1-3H3,(H,24,26). The second kappa shape index (κ2) is 9.06. The Kier molecular flexibility index (Phi) is 6.52. The van der Waals surface area contributed by atoms with Crippen molar-refractivity contribution in [2.45, 2.75) is 45.6 Å². The highest BCUT2D eigenvalue weighted by Crippen LogP contribution is 2.24. The fourth-order valence-electron chi connectivity index (χ4n) is 3.38. The van der Waals surface area contributed by atoms with Gasteiger partial charge in [-0.3, -0.25) is 4.79 Å². The van der Waals surface area contributed by atoms with Crippen molar-refractivity contribution < 1.29 is 18.7 Å². The number of ether oxygens (including phenoxy) is 2. The third-order valence-corrected chi connectivity index (χ3v) is 4.66. The predicted molar refractivity (Wildman–Crippen MR) is 107 cm³/mol. The van der Waals surface area contributed by atoms with Crippen LogP contribution in [-0.2, 0) is 16.1 Å². The van der Waals surface area contributed by atoms with E-state index in [1.54, 1.807) is 25.1 Å². The van der Waals surface area contributed by atoms with E-state index in [0.29, 0.717) is 30.1 Å². The monoisotopic (exact) mass is 386 g/mol. The molecule has 1 fully saturated rings. The van der Waals surface area contributed by atoms with Gasteiger partial charge >= 0.3 is 0 Å². The summed E-state index contributed by atoms with van der Waals surface area (Å²) in [6, 6.07) is 14.3. The van der Waals surface area contributed by atoms with Crippen LogP contribution in [0.4, 0.5) is 10.1 Å². The van der Waals surface area contributed by atoms with Crippen LogP contribution >= 0.6 is 0 Å². The Morgan fingerprint density at radius 2 is 1.89 bits per heavy atom. The number of hydrogen-bond donors (Lipinski definition) is 1. The maximum Gasteiger partial charge on any atom is 0.261 e.